The Labute approximate surface area is 152 Å². The van der Waals surface area contributed by atoms with Crippen LogP contribution in [0, 0.1) is 0 Å². The minimum atomic E-state index is -0.377. The Hall–Kier alpha value is -3.15. The number of hydrogen-bond donors (Lipinski definition) is 3. The Balaban J connectivity index is 1.86. The van der Waals surface area contributed by atoms with Crippen LogP contribution in [0.2, 0.25) is 0 Å². The first kappa shape index (κ1) is 19.2. The second-order valence-electron chi connectivity index (χ2n) is 5.84. The van der Waals surface area contributed by atoms with Crippen LogP contribution in [0.1, 0.15) is 48.5 Å². The number of hydrazone groups is 1. The molecule has 0 atom stereocenters. The highest BCUT2D eigenvalue weighted by Gasteiger charge is 2.06. The van der Waals surface area contributed by atoms with Gasteiger partial charge in [-0.05, 0) is 42.8 Å². The molecule has 0 saturated carbocycles. The molecule has 2 aromatic rings. The van der Waals surface area contributed by atoms with E-state index in [-0.39, 0.29) is 17.6 Å². The molecule has 0 heterocycles. The Morgan fingerprint density at radius 1 is 1.08 bits per heavy atom. The summed E-state index contributed by atoms with van der Waals surface area (Å²) in [5.74, 6) is -0.315. The SMILES string of the molecule is CCCCCC(=O)Nc1ccc(C(=O)N/N=C/c2ccccc2O)cc1. The van der Waals surface area contributed by atoms with E-state index in [1.54, 1.807) is 48.5 Å². The lowest BCUT2D eigenvalue weighted by Gasteiger charge is -2.06. The molecule has 0 saturated heterocycles. The summed E-state index contributed by atoms with van der Waals surface area (Å²) in [4.78, 5) is 23.8. The van der Waals surface area contributed by atoms with Crippen molar-refractivity contribution in [3.05, 3.63) is 59.7 Å². The third-order valence-corrected chi connectivity index (χ3v) is 3.74. The number of unbranched alkanes of at least 4 members (excludes halogenated alkanes) is 2. The summed E-state index contributed by atoms with van der Waals surface area (Å²) >= 11 is 0. The maximum absolute atomic E-state index is 12.1. The molecule has 6 heteroatoms. The smallest absolute Gasteiger partial charge is 0.271 e. The highest BCUT2D eigenvalue weighted by Crippen LogP contribution is 2.13. The van der Waals surface area contributed by atoms with E-state index in [2.05, 4.69) is 22.8 Å². The summed E-state index contributed by atoms with van der Waals surface area (Å²) in [5.41, 5.74) is 3.98. The van der Waals surface area contributed by atoms with Crippen molar-refractivity contribution in [2.24, 2.45) is 5.10 Å². The van der Waals surface area contributed by atoms with E-state index >= 15 is 0 Å². The van der Waals surface area contributed by atoms with Gasteiger partial charge in [-0.2, -0.15) is 5.10 Å². The first-order valence-electron chi connectivity index (χ1n) is 8.61. The minimum Gasteiger partial charge on any atom is -0.507 e. The van der Waals surface area contributed by atoms with Gasteiger partial charge in [0.25, 0.3) is 5.91 Å². The van der Waals surface area contributed by atoms with Gasteiger partial charge in [-0.1, -0.05) is 31.9 Å². The van der Waals surface area contributed by atoms with E-state index in [1.807, 2.05) is 0 Å². The Kier molecular flexibility index (Phi) is 7.36. The van der Waals surface area contributed by atoms with Crippen molar-refractivity contribution >= 4 is 23.7 Å². The molecular weight excluding hydrogens is 330 g/mol. The standard InChI is InChI=1S/C20H23N3O3/c1-2-3-4-9-19(25)22-17-12-10-15(11-13-17)20(26)23-21-14-16-7-5-6-8-18(16)24/h5-8,10-14,24H,2-4,9H2,1H3,(H,22,25)(H,23,26)/b21-14+. The van der Waals surface area contributed by atoms with Gasteiger partial charge < -0.3 is 10.4 Å². The lowest BCUT2D eigenvalue weighted by atomic mass is 10.1. The molecule has 2 amide bonds. The number of carbonyl (C=O) groups is 2. The van der Waals surface area contributed by atoms with Crippen LogP contribution in [0.25, 0.3) is 0 Å². The molecule has 0 radical (unpaired) electrons. The number of phenolic OH excluding ortho intramolecular Hbond substituents is 1. The molecule has 6 nitrogen and oxygen atoms in total. The van der Waals surface area contributed by atoms with Crippen LogP contribution >= 0.6 is 0 Å². The number of hydrogen-bond acceptors (Lipinski definition) is 4. The third kappa shape index (κ3) is 6.05. The number of benzene rings is 2. The van der Waals surface area contributed by atoms with Gasteiger partial charge >= 0.3 is 0 Å². The van der Waals surface area contributed by atoms with Crippen LogP contribution in [0.3, 0.4) is 0 Å². The number of nitrogens with one attached hydrogen (secondary N) is 2. The van der Waals surface area contributed by atoms with Crippen molar-refractivity contribution in [3.63, 3.8) is 0 Å². The Morgan fingerprint density at radius 2 is 1.81 bits per heavy atom. The van der Waals surface area contributed by atoms with Crippen molar-refractivity contribution in [1.29, 1.82) is 0 Å². The number of nitrogens with zero attached hydrogens (tertiary/aromatic N) is 1. The van der Waals surface area contributed by atoms with Gasteiger partial charge in [-0.3, -0.25) is 9.59 Å². The predicted octanol–water partition coefficient (Wildman–Crippen LogP) is 3.67. The largest absolute Gasteiger partial charge is 0.507 e. The average Bonchev–Trinajstić information content (AvgIpc) is 2.64. The van der Waals surface area contributed by atoms with Gasteiger partial charge in [-0.25, -0.2) is 5.43 Å². The summed E-state index contributed by atoms with van der Waals surface area (Å²) < 4.78 is 0. The second-order valence-corrected chi connectivity index (χ2v) is 5.84. The zero-order valence-corrected chi connectivity index (χ0v) is 14.7. The fourth-order valence-corrected chi connectivity index (χ4v) is 2.29. The molecule has 0 aromatic heterocycles. The van der Waals surface area contributed by atoms with Gasteiger partial charge in [0, 0.05) is 23.2 Å². The second kappa shape index (κ2) is 9.98. The Morgan fingerprint density at radius 3 is 2.50 bits per heavy atom. The highest BCUT2D eigenvalue weighted by atomic mass is 16.3. The number of para-hydroxylation sites is 1. The topological polar surface area (TPSA) is 90.8 Å². The van der Waals surface area contributed by atoms with Crippen molar-refractivity contribution in [2.45, 2.75) is 32.6 Å². The van der Waals surface area contributed by atoms with Crippen LogP contribution in [-0.4, -0.2) is 23.1 Å². The molecule has 3 N–H and O–H groups in total. The number of amides is 2. The molecule has 2 aromatic carbocycles. The summed E-state index contributed by atoms with van der Waals surface area (Å²) in [5, 5.41) is 16.3. The number of rotatable bonds is 8. The van der Waals surface area contributed by atoms with E-state index in [9.17, 15) is 14.7 Å². The van der Waals surface area contributed by atoms with Crippen LogP contribution in [-0.2, 0) is 4.79 Å². The molecular formula is C20H23N3O3. The van der Waals surface area contributed by atoms with E-state index in [0.29, 0.717) is 23.2 Å². The van der Waals surface area contributed by atoms with Gasteiger partial charge in [0.1, 0.15) is 5.75 Å². The van der Waals surface area contributed by atoms with Crippen molar-refractivity contribution in [2.75, 3.05) is 5.32 Å². The molecule has 0 fully saturated rings. The normalized spacial score (nSPS) is 10.7. The molecule has 0 aliphatic rings. The molecule has 0 aliphatic heterocycles. The molecule has 0 spiro atoms. The maximum atomic E-state index is 12.1. The molecule has 0 unspecified atom stereocenters. The minimum absolute atomic E-state index is 0.0251. The van der Waals surface area contributed by atoms with Crippen LogP contribution in [0.5, 0.6) is 5.75 Å². The molecule has 0 aliphatic carbocycles. The first-order valence-corrected chi connectivity index (χ1v) is 8.61. The first-order chi connectivity index (χ1) is 12.6. The number of aromatic hydroxyl groups is 1. The summed E-state index contributed by atoms with van der Waals surface area (Å²) in [7, 11) is 0. The van der Waals surface area contributed by atoms with Gasteiger partial charge in [0.2, 0.25) is 5.91 Å². The van der Waals surface area contributed by atoms with E-state index in [0.717, 1.165) is 19.3 Å². The number of anilines is 1. The van der Waals surface area contributed by atoms with Crippen molar-refractivity contribution < 1.29 is 14.7 Å². The van der Waals surface area contributed by atoms with Crippen molar-refractivity contribution in [1.82, 2.24) is 5.43 Å². The van der Waals surface area contributed by atoms with Crippen LogP contribution in [0.4, 0.5) is 5.69 Å². The van der Waals surface area contributed by atoms with Gasteiger partial charge in [0.05, 0.1) is 6.21 Å². The third-order valence-electron chi connectivity index (χ3n) is 3.74. The summed E-state index contributed by atoms with van der Waals surface area (Å²) in [6.07, 6.45) is 4.85. The zero-order chi connectivity index (χ0) is 18.8. The highest BCUT2D eigenvalue weighted by molar-refractivity contribution is 5.96. The summed E-state index contributed by atoms with van der Waals surface area (Å²) in [6, 6.07) is 13.3. The Bertz CT molecular complexity index is 770. The van der Waals surface area contributed by atoms with Gasteiger partial charge in [-0.15, -0.1) is 0 Å². The van der Waals surface area contributed by atoms with E-state index < -0.39 is 0 Å². The quantitative estimate of drug-likeness (QED) is 0.384. The molecule has 0 bridgehead atoms. The fourth-order valence-electron chi connectivity index (χ4n) is 2.29. The maximum Gasteiger partial charge on any atom is 0.271 e. The zero-order valence-electron chi connectivity index (χ0n) is 14.7. The van der Waals surface area contributed by atoms with Gasteiger partial charge in [0.15, 0.2) is 0 Å². The lowest BCUT2D eigenvalue weighted by molar-refractivity contribution is -0.116. The molecule has 26 heavy (non-hydrogen) atoms. The van der Waals surface area contributed by atoms with Crippen LogP contribution in [0.15, 0.2) is 53.6 Å². The summed E-state index contributed by atoms with van der Waals surface area (Å²) in [6.45, 7) is 2.09. The monoisotopic (exact) mass is 353 g/mol. The van der Waals surface area contributed by atoms with E-state index in [1.165, 1.54) is 6.21 Å². The van der Waals surface area contributed by atoms with Crippen molar-refractivity contribution in [3.8, 4) is 5.75 Å². The average molecular weight is 353 g/mol. The number of phenols is 1. The lowest BCUT2D eigenvalue weighted by Crippen LogP contribution is -2.17. The fraction of sp³-hybridized carbons (Fsp3) is 0.250. The van der Waals surface area contributed by atoms with E-state index in [4.69, 9.17) is 0 Å². The predicted molar refractivity (Wildman–Crippen MR) is 102 cm³/mol. The van der Waals surface area contributed by atoms with Crippen LogP contribution < -0.4 is 10.7 Å². The molecule has 136 valence electrons. The number of carbonyl (C=O) groups excluding carboxylic acids is 2. The molecule has 2 rings (SSSR count).